The largest absolute Gasteiger partial charge is 0.585 e. The summed E-state index contributed by atoms with van der Waals surface area (Å²) in [6.45, 7) is 0. The van der Waals surface area contributed by atoms with Crippen LogP contribution >= 0.6 is 0 Å². The fourth-order valence-electron chi connectivity index (χ4n) is 1.18. The van der Waals surface area contributed by atoms with E-state index in [2.05, 4.69) is 9.47 Å². The predicted molar refractivity (Wildman–Crippen MR) is 35.6 cm³/mol. The van der Waals surface area contributed by atoms with E-state index in [1.807, 2.05) is 0 Å². The summed E-state index contributed by atoms with van der Waals surface area (Å²) in [5, 5.41) is 0. The number of ether oxygens (including phenoxy) is 2. The fourth-order valence-corrected chi connectivity index (χ4v) is 1.18. The molecule has 0 amide bonds. The Hall–Kier alpha value is -1.26. The Bertz CT molecular complexity index is 283. The molecule has 2 aliphatic rings. The van der Waals surface area contributed by atoms with Gasteiger partial charge in [0.25, 0.3) is 0 Å². The van der Waals surface area contributed by atoms with Gasteiger partial charge >= 0.3 is 6.29 Å². The molecule has 0 spiro atoms. The number of alkyl halides is 2. The lowest BCUT2D eigenvalue weighted by atomic mass is 10.1. The monoisotopic (exact) mass is 175 g/mol. The Kier molecular flexibility index (Phi) is 1.31. The predicted octanol–water partition coefficient (Wildman–Crippen LogP) is 1.43. The van der Waals surface area contributed by atoms with Gasteiger partial charge in [-0.05, 0) is 6.42 Å². The second-order valence-corrected chi connectivity index (χ2v) is 2.67. The molecule has 0 aromatic heterocycles. The molecular weight excluding hydrogens is 168 g/mol. The van der Waals surface area contributed by atoms with E-state index in [0.717, 1.165) is 0 Å². The standard InChI is InChI=1S/C7H7F2NO2/c8-7(9)11-5-2-1-4(10)3-6(5)12-7/h3H,1-2,10H2. The lowest BCUT2D eigenvalue weighted by Crippen LogP contribution is -2.16. The van der Waals surface area contributed by atoms with Gasteiger partial charge < -0.3 is 15.2 Å². The number of rotatable bonds is 0. The molecular formula is C7H7F2NO2. The SMILES string of the molecule is NC1=CC2=C(CC1)OC(F)(F)O2. The minimum atomic E-state index is -3.51. The summed E-state index contributed by atoms with van der Waals surface area (Å²) in [6.07, 6.45) is -1.21. The molecule has 3 nitrogen and oxygen atoms in total. The zero-order valence-corrected chi connectivity index (χ0v) is 6.14. The maximum absolute atomic E-state index is 12.4. The highest BCUT2D eigenvalue weighted by Crippen LogP contribution is 2.38. The molecule has 0 aromatic rings. The van der Waals surface area contributed by atoms with Gasteiger partial charge in [0.1, 0.15) is 5.76 Å². The Morgan fingerprint density at radius 3 is 2.83 bits per heavy atom. The first-order valence-electron chi connectivity index (χ1n) is 3.52. The van der Waals surface area contributed by atoms with Gasteiger partial charge in [0, 0.05) is 18.2 Å². The van der Waals surface area contributed by atoms with Crippen LogP contribution in [0.25, 0.3) is 0 Å². The van der Waals surface area contributed by atoms with Gasteiger partial charge in [0.2, 0.25) is 0 Å². The van der Waals surface area contributed by atoms with Gasteiger partial charge in [-0.3, -0.25) is 0 Å². The summed E-state index contributed by atoms with van der Waals surface area (Å²) in [7, 11) is 0. The molecule has 0 aromatic carbocycles. The van der Waals surface area contributed by atoms with Crippen LogP contribution in [0.2, 0.25) is 0 Å². The Balaban J connectivity index is 2.25. The minimum Gasteiger partial charge on any atom is -0.402 e. The molecule has 12 heavy (non-hydrogen) atoms. The quantitative estimate of drug-likeness (QED) is 0.605. The van der Waals surface area contributed by atoms with Crippen molar-refractivity contribution in [2.45, 2.75) is 19.1 Å². The molecule has 0 radical (unpaired) electrons. The summed E-state index contributed by atoms with van der Waals surface area (Å²) >= 11 is 0. The van der Waals surface area contributed by atoms with E-state index in [9.17, 15) is 8.78 Å². The van der Waals surface area contributed by atoms with Crippen LogP contribution in [0, 0.1) is 0 Å². The zero-order chi connectivity index (χ0) is 8.77. The van der Waals surface area contributed by atoms with Crippen LogP contribution in [0.4, 0.5) is 8.78 Å². The molecule has 0 saturated heterocycles. The number of hydrogen-bond acceptors (Lipinski definition) is 3. The maximum atomic E-state index is 12.4. The fraction of sp³-hybridized carbons (Fsp3) is 0.429. The smallest absolute Gasteiger partial charge is 0.402 e. The van der Waals surface area contributed by atoms with Gasteiger partial charge in [-0.1, -0.05) is 0 Å². The van der Waals surface area contributed by atoms with Gasteiger partial charge in [-0.15, -0.1) is 8.78 Å². The number of halogens is 2. The third-order valence-corrected chi connectivity index (χ3v) is 1.70. The average Bonchev–Trinajstić information content (AvgIpc) is 2.21. The molecule has 2 rings (SSSR count). The molecule has 0 unspecified atom stereocenters. The Morgan fingerprint density at radius 1 is 1.33 bits per heavy atom. The first-order valence-corrected chi connectivity index (χ1v) is 3.52. The van der Waals surface area contributed by atoms with Gasteiger partial charge in [0.15, 0.2) is 5.76 Å². The van der Waals surface area contributed by atoms with Crippen molar-refractivity contribution < 1.29 is 18.3 Å². The van der Waals surface area contributed by atoms with Crippen molar-refractivity contribution in [3.8, 4) is 0 Å². The van der Waals surface area contributed by atoms with Crippen molar-refractivity contribution in [3.63, 3.8) is 0 Å². The van der Waals surface area contributed by atoms with Crippen molar-refractivity contribution >= 4 is 0 Å². The summed E-state index contributed by atoms with van der Waals surface area (Å²) in [6, 6.07) is 0. The highest BCUT2D eigenvalue weighted by molar-refractivity contribution is 5.27. The molecule has 66 valence electrons. The van der Waals surface area contributed by atoms with E-state index in [1.54, 1.807) is 0 Å². The maximum Gasteiger partial charge on any atom is 0.585 e. The summed E-state index contributed by atoms with van der Waals surface area (Å²) in [5.41, 5.74) is 5.96. The molecule has 1 aliphatic carbocycles. The minimum absolute atomic E-state index is 0.0590. The van der Waals surface area contributed by atoms with E-state index in [-0.39, 0.29) is 11.5 Å². The second-order valence-electron chi connectivity index (χ2n) is 2.67. The normalized spacial score (nSPS) is 25.7. The van der Waals surface area contributed by atoms with Crippen LogP contribution in [-0.2, 0) is 9.47 Å². The van der Waals surface area contributed by atoms with Crippen molar-refractivity contribution in [2.75, 3.05) is 0 Å². The highest BCUT2D eigenvalue weighted by Gasteiger charge is 2.44. The topological polar surface area (TPSA) is 44.5 Å². The van der Waals surface area contributed by atoms with Crippen molar-refractivity contribution in [3.05, 3.63) is 23.3 Å². The molecule has 1 heterocycles. The van der Waals surface area contributed by atoms with Crippen LogP contribution in [0.5, 0.6) is 0 Å². The number of hydrogen-bond donors (Lipinski definition) is 1. The van der Waals surface area contributed by atoms with Gasteiger partial charge in [-0.2, -0.15) is 0 Å². The summed E-state index contributed by atoms with van der Waals surface area (Å²) < 4.78 is 33.3. The third kappa shape index (κ3) is 1.11. The van der Waals surface area contributed by atoms with E-state index in [0.29, 0.717) is 18.5 Å². The molecule has 2 N–H and O–H groups in total. The van der Waals surface area contributed by atoms with E-state index in [1.165, 1.54) is 6.08 Å². The molecule has 5 heteroatoms. The van der Waals surface area contributed by atoms with Gasteiger partial charge in [0.05, 0.1) is 0 Å². The lowest BCUT2D eigenvalue weighted by Gasteiger charge is -2.07. The van der Waals surface area contributed by atoms with Gasteiger partial charge in [-0.25, -0.2) is 0 Å². The van der Waals surface area contributed by atoms with E-state index in [4.69, 9.17) is 5.73 Å². The average molecular weight is 175 g/mol. The van der Waals surface area contributed by atoms with Crippen molar-refractivity contribution in [1.82, 2.24) is 0 Å². The molecule has 0 saturated carbocycles. The Labute approximate surface area is 67.4 Å². The lowest BCUT2D eigenvalue weighted by molar-refractivity contribution is -0.336. The third-order valence-electron chi connectivity index (χ3n) is 1.70. The Morgan fingerprint density at radius 2 is 2.08 bits per heavy atom. The zero-order valence-electron chi connectivity index (χ0n) is 6.14. The molecule has 0 atom stereocenters. The summed E-state index contributed by atoms with van der Waals surface area (Å²) in [5.74, 6) is 0.248. The second kappa shape index (κ2) is 2.12. The van der Waals surface area contributed by atoms with Crippen LogP contribution in [0.15, 0.2) is 23.3 Å². The van der Waals surface area contributed by atoms with Crippen molar-refractivity contribution in [1.29, 1.82) is 0 Å². The van der Waals surface area contributed by atoms with Crippen molar-refractivity contribution in [2.24, 2.45) is 5.73 Å². The number of nitrogens with two attached hydrogens (primary N) is 1. The highest BCUT2D eigenvalue weighted by atomic mass is 19.3. The molecule has 1 aliphatic heterocycles. The molecule has 0 bridgehead atoms. The van der Waals surface area contributed by atoms with E-state index < -0.39 is 6.29 Å². The number of allylic oxidation sites excluding steroid dienone is 3. The van der Waals surface area contributed by atoms with Crippen LogP contribution in [0.3, 0.4) is 0 Å². The first-order chi connectivity index (χ1) is 5.57. The van der Waals surface area contributed by atoms with Crippen LogP contribution in [0.1, 0.15) is 12.8 Å². The van der Waals surface area contributed by atoms with Crippen LogP contribution < -0.4 is 5.73 Å². The van der Waals surface area contributed by atoms with E-state index >= 15 is 0 Å². The first kappa shape index (κ1) is 7.39. The molecule has 0 fully saturated rings. The van der Waals surface area contributed by atoms with Crippen LogP contribution in [-0.4, -0.2) is 6.29 Å². The summed E-state index contributed by atoms with van der Waals surface area (Å²) in [4.78, 5) is 0.